The van der Waals surface area contributed by atoms with Gasteiger partial charge in [0.2, 0.25) is 0 Å². The zero-order chi connectivity index (χ0) is 6.41. The van der Waals surface area contributed by atoms with E-state index in [-0.39, 0.29) is 0 Å². The Labute approximate surface area is 48.7 Å². The monoisotopic (exact) mass is 106 g/mol. The van der Waals surface area contributed by atoms with Crippen LogP contribution in [0.25, 0.3) is 0 Å². The van der Waals surface area contributed by atoms with Crippen LogP contribution < -0.4 is 0 Å². The quantitative estimate of drug-likeness (QED) is 0.474. The molecule has 2 heteroatoms. The first kappa shape index (κ1) is 6.72. The lowest BCUT2D eigenvalue weighted by Gasteiger charge is -1.75. The summed E-state index contributed by atoms with van der Waals surface area (Å²) in [5, 5.41) is 16.1. The molecule has 0 aromatic carbocycles. The van der Waals surface area contributed by atoms with Crippen LogP contribution in [-0.2, 0) is 0 Å². The van der Waals surface area contributed by atoms with E-state index in [1.54, 1.807) is 13.0 Å². The molecule has 0 unspecified atom stereocenters. The molecule has 0 spiro atoms. The molecule has 0 aliphatic rings. The minimum absolute atomic E-state index is 0.333. The molecule has 0 heterocycles. The van der Waals surface area contributed by atoms with Crippen molar-refractivity contribution in [2.24, 2.45) is 0 Å². The summed E-state index contributed by atoms with van der Waals surface area (Å²) < 4.78 is 0. The molecule has 0 aromatic rings. The summed E-state index contributed by atoms with van der Waals surface area (Å²) in [7, 11) is 0. The highest BCUT2D eigenvalue weighted by molar-refractivity contribution is 5.18. The summed E-state index contributed by atoms with van der Waals surface area (Å²) in [6, 6.07) is 3.82. The fraction of sp³-hybridized carbons (Fsp3) is 0.333. The van der Waals surface area contributed by atoms with Crippen LogP contribution in [-0.4, -0.2) is 0 Å². The topological polar surface area (TPSA) is 47.6 Å². The van der Waals surface area contributed by atoms with E-state index in [1.165, 1.54) is 0 Å². The van der Waals surface area contributed by atoms with Crippen LogP contribution in [0.5, 0.6) is 0 Å². The highest BCUT2D eigenvalue weighted by Gasteiger charge is 1.79. The normalized spacial score (nSPS) is 9.62. The van der Waals surface area contributed by atoms with E-state index < -0.39 is 0 Å². The summed E-state index contributed by atoms with van der Waals surface area (Å²) in [6.07, 6.45) is 1.93. The Hall–Kier alpha value is -1.28. The van der Waals surface area contributed by atoms with Gasteiger partial charge >= 0.3 is 0 Å². The molecule has 0 N–H and O–H groups in total. The van der Waals surface area contributed by atoms with Gasteiger partial charge < -0.3 is 0 Å². The standard InChI is InChI=1S/C6H6N2/c1-6(5-8)3-2-4-7/h3H,2H2,1H3. The molecular weight excluding hydrogens is 100 g/mol. The SMILES string of the molecule is CC(C#N)=CCC#N. The van der Waals surface area contributed by atoms with Crippen molar-refractivity contribution in [3.05, 3.63) is 11.6 Å². The van der Waals surface area contributed by atoms with Crippen molar-refractivity contribution in [3.63, 3.8) is 0 Å². The molecule has 0 bridgehead atoms. The van der Waals surface area contributed by atoms with Crippen molar-refractivity contribution >= 4 is 0 Å². The third-order valence-electron chi connectivity index (χ3n) is 0.676. The van der Waals surface area contributed by atoms with Crippen molar-refractivity contribution in [1.29, 1.82) is 10.5 Å². The van der Waals surface area contributed by atoms with Gasteiger partial charge in [0, 0.05) is 5.57 Å². The molecule has 0 aromatic heterocycles. The van der Waals surface area contributed by atoms with Crippen molar-refractivity contribution < 1.29 is 0 Å². The first-order chi connectivity index (χ1) is 3.81. The smallest absolute Gasteiger partial charge is 0.0941 e. The van der Waals surface area contributed by atoms with E-state index in [0.717, 1.165) is 0 Å². The van der Waals surface area contributed by atoms with E-state index in [2.05, 4.69) is 0 Å². The number of hydrogen-bond donors (Lipinski definition) is 0. The van der Waals surface area contributed by atoms with Crippen LogP contribution >= 0.6 is 0 Å². The minimum atomic E-state index is 0.333. The maximum atomic E-state index is 8.13. The fourth-order valence-electron chi connectivity index (χ4n) is 0.244. The molecule has 2 nitrogen and oxygen atoms in total. The lowest BCUT2D eigenvalue weighted by molar-refractivity contribution is 1.31. The van der Waals surface area contributed by atoms with Crippen molar-refractivity contribution in [2.45, 2.75) is 13.3 Å². The van der Waals surface area contributed by atoms with Crippen LogP contribution in [0.3, 0.4) is 0 Å². The predicted molar refractivity (Wildman–Crippen MR) is 29.6 cm³/mol. The Kier molecular flexibility index (Phi) is 3.27. The number of nitrogens with zero attached hydrogens (tertiary/aromatic N) is 2. The van der Waals surface area contributed by atoms with Gasteiger partial charge in [-0.05, 0) is 6.92 Å². The van der Waals surface area contributed by atoms with Gasteiger partial charge in [0.05, 0.1) is 18.6 Å². The molecular formula is C6H6N2. The van der Waals surface area contributed by atoms with Crippen LogP contribution in [0.1, 0.15) is 13.3 Å². The van der Waals surface area contributed by atoms with Gasteiger partial charge in [0.1, 0.15) is 0 Å². The summed E-state index contributed by atoms with van der Waals surface area (Å²) in [5.41, 5.74) is 0.603. The molecule has 0 aliphatic heterocycles. The molecule has 0 rings (SSSR count). The Morgan fingerprint density at radius 1 is 1.62 bits per heavy atom. The van der Waals surface area contributed by atoms with Crippen LogP contribution in [0.4, 0.5) is 0 Å². The van der Waals surface area contributed by atoms with Crippen LogP contribution in [0, 0.1) is 22.7 Å². The lowest BCUT2D eigenvalue weighted by atomic mass is 10.3. The van der Waals surface area contributed by atoms with Crippen molar-refractivity contribution in [1.82, 2.24) is 0 Å². The van der Waals surface area contributed by atoms with E-state index >= 15 is 0 Å². The zero-order valence-electron chi connectivity index (χ0n) is 4.68. The maximum Gasteiger partial charge on any atom is 0.0941 e. The summed E-state index contributed by atoms with van der Waals surface area (Å²) >= 11 is 0. The number of hydrogen-bond acceptors (Lipinski definition) is 2. The van der Waals surface area contributed by atoms with Gasteiger partial charge in [-0.1, -0.05) is 6.08 Å². The summed E-state index contributed by atoms with van der Waals surface area (Å²) in [6.45, 7) is 1.68. The van der Waals surface area contributed by atoms with E-state index in [0.29, 0.717) is 12.0 Å². The zero-order valence-corrected chi connectivity index (χ0v) is 4.68. The molecule has 0 aliphatic carbocycles. The number of allylic oxidation sites excluding steroid dienone is 2. The fourth-order valence-corrected chi connectivity index (χ4v) is 0.244. The van der Waals surface area contributed by atoms with Gasteiger partial charge in [-0.2, -0.15) is 10.5 Å². The molecule has 8 heavy (non-hydrogen) atoms. The highest BCUT2D eigenvalue weighted by Crippen LogP contribution is 1.89. The first-order valence-electron chi connectivity index (χ1n) is 2.25. The average molecular weight is 106 g/mol. The predicted octanol–water partition coefficient (Wildman–Crippen LogP) is 1.37. The molecule has 0 amide bonds. The Bertz CT molecular complexity index is 166. The third kappa shape index (κ3) is 2.93. The van der Waals surface area contributed by atoms with E-state index in [4.69, 9.17) is 10.5 Å². The Balaban J connectivity index is 3.67. The molecule has 0 fully saturated rings. The largest absolute Gasteiger partial charge is 0.198 e. The third-order valence-corrected chi connectivity index (χ3v) is 0.676. The first-order valence-corrected chi connectivity index (χ1v) is 2.25. The molecule has 0 saturated heterocycles. The number of nitriles is 2. The summed E-state index contributed by atoms with van der Waals surface area (Å²) in [5.74, 6) is 0. The van der Waals surface area contributed by atoms with Gasteiger partial charge in [-0.3, -0.25) is 0 Å². The van der Waals surface area contributed by atoms with Crippen LogP contribution in [0.2, 0.25) is 0 Å². The Morgan fingerprint density at radius 3 is 2.62 bits per heavy atom. The van der Waals surface area contributed by atoms with Gasteiger partial charge in [0.25, 0.3) is 0 Å². The van der Waals surface area contributed by atoms with E-state index in [9.17, 15) is 0 Å². The van der Waals surface area contributed by atoms with E-state index in [1.807, 2.05) is 12.1 Å². The van der Waals surface area contributed by atoms with Gasteiger partial charge in [-0.25, -0.2) is 0 Å². The van der Waals surface area contributed by atoms with Crippen molar-refractivity contribution in [2.75, 3.05) is 0 Å². The summed E-state index contributed by atoms with van der Waals surface area (Å²) in [4.78, 5) is 0. The molecule has 0 radical (unpaired) electrons. The van der Waals surface area contributed by atoms with Crippen molar-refractivity contribution in [3.8, 4) is 12.1 Å². The average Bonchev–Trinajstić information content (AvgIpc) is 1.83. The van der Waals surface area contributed by atoms with Gasteiger partial charge in [-0.15, -0.1) is 0 Å². The second-order valence-corrected chi connectivity index (χ2v) is 1.36. The Morgan fingerprint density at radius 2 is 2.25 bits per heavy atom. The van der Waals surface area contributed by atoms with Crippen LogP contribution in [0.15, 0.2) is 11.6 Å². The van der Waals surface area contributed by atoms with Gasteiger partial charge in [0.15, 0.2) is 0 Å². The molecule has 0 atom stereocenters. The second-order valence-electron chi connectivity index (χ2n) is 1.36. The maximum absolute atomic E-state index is 8.13. The lowest BCUT2D eigenvalue weighted by Crippen LogP contribution is -1.65. The molecule has 0 saturated carbocycles. The number of rotatable bonds is 1. The second kappa shape index (κ2) is 3.89. The minimum Gasteiger partial charge on any atom is -0.198 e. The highest BCUT2D eigenvalue weighted by atomic mass is 14.2. The molecule has 40 valence electrons.